The third kappa shape index (κ3) is 11.9. The number of halogens is 4. The number of hydrogen-bond acceptors (Lipinski definition) is 8. The van der Waals surface area contributed by atoms with E-state index in [4.69, 9.17) is 30.9 Å². The van der Waals surface area contributed by atoms with E-state index in [9.17, 15) is 41.8 Å². The van der Waals surface area contributed by atoms with Crippen molar-refractivity contribution in [1.82, 2.24) is 5.32 Å². The number of ether oxygens (including phenoxy) is 1. The second-order valence-electron chi connectivity index (χ2n) is 9.05. The van der Waals surface area contributed by atoms with Gasteiger partial charge in [0, 0.05) is 16.4 Å². The molecule has 0 aliphatic carbocycles. The van der Waals surface area contributed by atoms with Crippen molar-refractivity contribution in [3.8, 4) is 5.75 Å². The Bertz CT molecular complexity index is 1330. The van der Waals surface area contributed by atoms with Crippen LogP contribution in [0.4, 0.5) is 17.6 Å². The van der Waals surface area contributed by atoms with Crippen molar-refractivity contribution < 1.29 is 61.6 Å². The highest BCUT2D eigenvalue weighted by molar-refractivity contribution is 7.13. The lowest BCUT2D eigenvalue weighted by molar-refractivity contribution is -0.192. The number of nitrogen functional groups attached to an aromatic ring is 1. The Morgan fingerprint density at radius 1 is 1.07 bits per heavy atom. The van der Waals surface area contributed by atoms with E-state index < -0.39 is 60.2 Å². The largest absolute Gasteiger partial charge is 0.490 e. The number of amides is 1. The van der Waals surface area contributed by atoms with E-state index in [2.05, 4.69) is 5.32 Å². The number of esters is 1. The molecule has 2 aromatic rings. The smallest absolute Gasteiger partial charge is 0.481 e. The Morgan fingerprint density at radius 3 is 2.12 bits per heavy atom. The third-order valence-corrected chi connectivity index (χ3v) is 6.21. The van der Waals surface area contributed by atoms with Crippen molar-refractivity contribution in [2.24, 2.45) is 17.6 Å². The first-order valence-electron chi connectivity index (χ1n) is 11.8. The van der Waals surface area contributed by atoms with E-state index in [1.165, 1.54) is 18.2 Å². The number of carboxylic acids is 3. The molecule has 0 saturated heterocycles. The van der Waals surface area contributed by atoms with Crippen LogP contribution in [0.25, 0.3) is 0 Å². The number of alkyl halides is 3. The fraction of sp³-hybridized carbons (Fsp3) is 0.360. The van der Waals surface area contributed by atoms with Gasteiger partial charge in [0.25, 0.3) is 0 Å². The highest BCUT2D eigenvalue weighted by Gasteiger charge is 2.38. The molecular weight excluding hydrogens is 594 g/mol. The lowest BCUT2D eigenvalue weighted by Crippen LogP contribution is -2.45. The second kappa shape index (κ2) is 15.5. The Kier molecular flexibility index (Phi) is 13.1. The van der Waals surface area contributed by atoms with Crippen LogP contribution in [0.3, 0.4) is 0 Å². The summed E-state index contributed by atoms with van der Waals surface area (Å²) in [5, 5.41) is 34.8. The summed E-state index contributed by atoms with van der Waals surface area (Å²) in [7, 11) is 0. The van der Waals surface area contributed by atoms with Crippen LogP contribution in [0, 0.1) is 23.1 Å². The van der Waals surface area contributed by atoms with E-state index in [1.54, 1.807) is 6.07 Å². The molecule has 0 radical (unpaired) electrons. The molecule has 1 heterocycles. The van der Waals surface area contributed by atoms with Gasteiger partial charge in [0.15, 0.2) is 11.6 Å². The van der Waals surface area contributed by atoms with Crippen LogP contribution in [-0.4, -0.2) is 63.2 Å². The molecule has 7 N–H and O–H groups in total. The highest BCUT2D eigenvalue weighted by Crippen LogP contribution is 2.26. The van der Waals surface area contributed by atoms with Crippen molar-refractivity contribution in [3.05, 3.63) is 51.5 Å². The van der Waals surface area contributed by atoms with Gasteiger partial charge in [-0.3, -0.25) is 15.0 Å². The maximum absolute atomic E-state index is 14.2. The minimum atomic E-state index is -5.08. The summed E-state index contributed by atoms with van der Waals surface area (Å²) >= 11 is 1.04. The predicted octanol–water partition coefficient (Wildman–Crippen LogP) is 3.27. The Labute approximate surface area is 239 Å². The predicted molar refractivity (Wildman–Crippen MR) is 139 cm³/mol. The summed E-state index contributed by atoms with van der Waals surface area (Å²) in [5.41, 5.74) is 5.45. The molecule has 0 saturated carbocycles. The highest BCUT2D eigenvalue weighted by atomic mass is 32.1. The molecule has 230 valence electrons. The Hall–Kier alpha value is -4.54. The number of carboxylic acid groups (broad SMARTS) is 3. The number of aliphatic carboxylic acids is 3. The summed E-state index contributed by atoms with van der Waals surface area (Å²) in [6.07, 6.45) is -5.26. The molecule has 42 heavy (non-hydrogen) atoms. The standard InChI is InChI=1S/C23H26FN3O7S.C2HF3O2/c1-11(2)7-13(21(30)27-16(22(31)32)10-19(28)29)8-14-4-6-18(35-14)23(33)34-17-5-3-12(20(25)26)9-15(17)24;3-2(4,5)1(6)7/h3-6,9,11,13,16H,7-8,10H2,1-2H3,(H3,25,26)(H,27,30)(H,28,29)(H,31,32);(H,6,7)/t13?,16-;/m0./s1. The fourth-order valence-corrected chi connectivity index (χ4v) is 4.22. The summed E-state index contributed by atoms with van der Waals surface area (Å²) in [5.74, 6) is -9.07. The molecule has 2 atom stereocenters. The molecule has 0 aliphatic rings. The lowest BCUT2D eigenvalue weighted by Gasteiger charge is -2.20. The molecule has 2 rings (SSSR count). The topological polar surface area (TPSA) is 217 Å². The van der Waals surface area contributed by atoms with Crippen LogP contribution >= 0.6 is 11.3 Å². The number of carbonyl (C=O) groups is 5. The zero-order valence-electron chi connectivity index (χ0n) is 22.0. The normalized spacial score (nSPS) is 12.4. The van der Waals surface area contributed by atoms with Crippen LogP contribution in [0.5, 0.6) is 5.75 Å². The minimum absolute atomic E-state index is 0.0823. The first-order valence-corrected chi connectivity index (χ1v) is 12.6. The first-order chi connectivity index (χ1) is 19.3. The van der Waals surface area contributed by atoms with Crippen LogP contribution in [0.1, 0.15) is 46.8 Å². The molecule has 0 bridgehead atoms. The average molecular weight is 622 g/mol. The molecule has 1 aromatic carbocycles. The monoisotopic (exact) mass is 621 g/mol. The van der Waals surface area contributed by atoms with Crippen LogP contribution in [0.15, 0.2) is 30.3 Å². The molecule has 1 unspecified atom stereocenters. The number of thiophene rings is 1. The average Bonchev–Trinajstić information content (AvgIpc) is 3.32. The van der Waals surface area contributed by atoms with Crippen LogP contribution in [0.2, 0.25) is 0 Å². The van der Waals surface area contributed by atoms with Crippen molar-refractivity contribution in [2.45, 2.75) is 45.3 Å². The molecule has 17 heteroatoms. The summed E-state index contributed by atoms with van der Waals surface area (Å²) in [6, 6.07) is 5.04. The third-order valence-electron chi connectivity index (χ3n) is 5.12. The molecule has 0 fully saturated rings. The number of amidine groups is 1. The number of nitrogens with one attached hydrogen (secondary N) is 2. The number of hydrogen-bond donors (Lipinski definition) is 6. The quantitative estimate of drug-likeness (QED) is 0.0668. The SMILES string of the molecule is CC(C)CC(Cc1ccc(C(=O)Oc2ccc(C(=N)N)cc2F)s1)C(=O)N[C@@H](CC(=O)O)C(=O)O.O=C(O)C(F)(F)F. The zero-order valence-corrected chi connectivity index (χ0v) is 22.8. The number of nitrogens with two attached hydrogens (primary N) is 1. The molecule has 0 aliphatic heterocycles. The summed E-state index contributed by atoms with van der Waals surface area (Å²) in [4.78, 5) is 57.1. The van der Waals surface area contributed by atoms with Crippen molar-refractivity contribution >= 4 is 47.0 Å². The number of rotatable bonds is 12. The van der Waals surface area contributed by atoms with E-state index in [-0.39, 0.29) is 34.4 Å². The molecule has 0 spiro atoms. The van der Waals surface area contributed by atoms with Gasteiger partial charge < -0.3 is 31.1 Å². The molecular formula is C25H27F4N3O9S. The maximum Gasteiger partial charge on any atom is 0.490 e. The summed E-state index contributed by atoms with van der Waals surface area (Å²) < 4.78 is 51.0. The van der Waals surface area contributed by atoms with Gasteiger partial charge in [-0.1, -0.05) is 13.8 Å². The first kappa shape index (κ1) is 35.5. The molecule has 1 aromatic heterocycles. The van der Waals surface area contributed by atoms with Crippen molar-refractivity contribution in [1.29, 1.82) is 5.41 Å². The van der Waals surface area contributed by atoms with Gasteiger partial charge in [0.1, 0.15) is 16.8 Å². The van der Waals surface area contributed by atoms with Crippen LogP contribution < -0.4 is 15.8 Å². The van der Waals surface area contributed by atoms with Gasteiger partial charge in [0.05, 0.1) is 6.42 Å². The van der Waals surface area contributed by atoms with E-state index in [0.717, 1.165) is 17.4 Å². The lowest BCUT2D eigenvalue weighted by atomic mass is 9.92. The molecule has 12 nitrogen and oxygen atoms in total. The van der Waals surface area contributed by atoms with Crippen molar-refractivity contribution in [3.63, 3.8) is 0 Å². The van der Waals surface area contributed by atoms with Gasteiger partial charge in [-0.15, -0.1) is 11.3 Å². The number of carbonyl (C=O) groups excluding carboxylic acids is 2. The van der Waals surface area contributed by atoms with Gasteiger partial charge in [0.2, 0.25) is 5.91 Å². The van der Waals surface area contributed by atoms with Crippen molar-refractivity contribution in [2.75, 3.05) is 0 Å². The second-order valence-corrected chi connectivity index (χ2v) is 10.2. The van der Waals surface area contributed by atoms with Gasteiger partial charge >= 0.3 is 30.1 Å². The van der Waals surface area contributed by atoms with Gasteiger partial charge in [-0.2, -0.15) is 13.2 Å². The molecule has 1 amide bonds. The van der Waals surface area contributed by atoms with E-state index in [0.29, 0.717) is 11.3 Å². The van der Waals surface area contributed by atoms with Gasteiger partial charge in [-0.05, 0) is 49.1 Å². The van der Waals surface area contributed by atoms with Gasteiger partial charge in [-0.25, -0.2) is 18.8 Å². The Balaban J connectivity index is 0.00000112. The van der Waals surface area contributed by atoms with E-state index >= 15 is 0 Å². The fourth-order valence-electron chi connectivity index (χ4n) is 3.26. The van der Waals surface area contributed by atoms with Crippen LogP contribution in [-0.2, 0) is 25.6 Å². The van der Waals surface area contributed by atoms with E-state index in [1.807, 2.05) is 13.8 Å². The number of benzene rings is 1. The zero-order chi connectivity index (χ0) is 32.4. The Morgan fingerprint density at radius 2 is 1.67 bits per heavy atom. The maximum atomic E-state index is 14.2. The summed E-state index contributed by atoms with van der Waals surface area (Å²) in [6.45, 7) is 3.77. The minimum Gasteiger partial charge on any atom is -0.481 e.